The highest BCUT2D eigenvalue weighted by Crippen LogP contribution is 2.62. The van der Waals surface area contributed by atoms with Gasteiger partial charge in [0.1, 0.15) is 22.7 Å². The number of benzene rings is 9. The molecular weight excluding hydrogens is 818 g/mol. The quantitative estimate of drug-likeness (QED) is 0.161. The van der Waals surface area contributed by atoms with Gasteiger partial charge in [0, 0.05) is 54.5 Å². The predicted octanol–water partition coefficient (Wildman–Crippen LogP) is 12.9. The van der Waals surface area contributed by atoms with Crippen molar-refractivity contribution in [3.8, 4) is 56.8 Å². The molecule has 0 bridgehead atoms. The molecule has 0 saturated heterocycles. The molecule has 2 aliphatic rings. The van der Waals surface area contributed by atoms with E-state index in [4.69, 9.17) is 24.1 Å². The third kappa shape index (κ3) is 5.61. The normalized spacial score (nSPS) is 16.9. The van der Waals surface area contributed by atoms with E-state index in [1.165, 1.54) is 0 Å². The zero-order valence-electron chi connectivity index (χ0n) is 34.8. The van der Waals surface area contributed by atoms with E-state index in [-0.39, 0.29) is 0 Å². The molecule has 2 atom stereocenters. The first-order valence-electron chi connectivity index (χ1n) is 21.7. The van der Waals surface area contributed by atoms with Crippen LogP contribution < -0.4 is 20.7 Å². The van der Waals surface area contributed by atoms with E-state index in [2.05, 4.69) is 78.9 Å². The summed E-state index contributed by atoms with van der Waals surface area (Å²) in [6.45, 7) is 0. The fourth-order valence-electron chi connectivity index (χ4n) is 10.2. The van der Waals surface area contributed by atoms with E-state index in [1.54, 1.807) is 0 Å². The number of nitrogens with zero attached hydrogens (tertiary/aromatic N) is 3. The Morgan fingerprint density at radius 1 is 0.369 bits per heavy atom. The lowest BCUT2D eigenvalue weighted by Gasteiger charge is -2.47. The van der Waals surface area contributed by atoms with Gasteiger partial charge in [-0.05, 0) is 58.7 Å². The maximum absolute atomic E-state index is 16.5. The summed E-state index contributed by atoms with van der Waals surface area (Å²) in [5.41, 5.74) is 9.02. The third-order valence-electron chi connectivity index (χ3n) is 13.1. The Balaban J connectivity index is 1.07. The molecule has 13 rings (SSSR count). The van der Waals surface area contributed by atoms with E-state index in [0.717, 1.165) is 82.3 Å². The number of hydrogen-bond donors (Lipinski definition) is 0. The molecule has 2 aliphatic heterocycles. The van der Waals surface area contributed by atoms with Crippen LogP contribution in [-0.4, -0.2) is 15.0 Å². The molecule has 0 fully saturated rings. The third-order valence-corrected chi connectivity index (χ3v) is 16.2. The van der Waals surface area contributed by atoms with E-state index in [9.17, 15) is 0 Å². The minimum atomic E-state index is -3.49. The average molecular weight is 854 g/mol. The largest absolute Gasteiger partial charge is 0.457 e. The Kier molecular flexibility index (Phi) is 8.30. The first kappa shape index (κ1) is 37.4. The molecule has 0 amide bonds. The summed E-state index contributed by atoms with van der Waals surface area (Å²) in [4.78, 5) is 15.4. The lowest BCUT2D eigenvalue weighted by Crippen LogP contribution is -2.47. The monoisotopic (exact) mass is 853 g/mol. The van der Waals surface area contributed by atoms with Crippen molar-refractivity contribution in [1.29, 1.82) is 0 Å². The highest BCUT2D eigenvalue weighted by atomic mass is 31.2. The number of fused-ring (bicyclic) bond motifs is 11. The van der Waals surface area contributed by atoms with Gasteiger partial charge in [-0.1, -0.05) is 182 Å². The molecule has 0 aliphatic carbocycles. The molecule has 0 saturated carbocycles. The summed E-state index contributed by atoms with van der Waals surface area (Å²) in [5, 5.41) is 4.26. The molecule has 6 nitrogen and oxygen atoms in total. The lowest BCUT2D eigenvalue weighted by molar-refractivity contribution is 0.435. The fourth-order valence-corrected chi connectivity index (χ4v) is 13.3. The van der Waals surface area contributed by atoms with Gasteiger partial charge in [-0.3, -0.25) is 0 Å². The molecular formula is C58H36N3O3P. The molecule has 2 aromatic heterocycles. The molecule has 4 heterocycles. The SMILES string of the molecule is O=P1(c2ccccc2)c2ccccc2C2(c3ccccc3Oc3cc(-c4nc(-c5ccccc5)nc(-c5cccc(-c6ccccc6)c5)n4)ccc32)c2cc3c(cc21)oc1ccccc13. The van der Waals surface area contributed by atoms with Gasteiger partial charge in [-0.15, -0.1) is 0 Å². The van der Waals surface area contributed by atoms with Crippen LogP contribution in [0.25, 0.3) is 67.2 Å². The van der Waals surface area contributed by atoms with Crippen LogP contribution in [0.2, 0.25) is 0 Å². The molecule has 2 unspecified atom stereocenters. The summed E-state index contributed by atoms with van der Waals surface area (Å²) in [5.74, 6) is 3.02. The van der Waals surface area contributed by atoms with Gasteiger partial charge in [0.05, 0.1) is 5.41 Å². The van der Waals surface area contributed by atoms with Crippen LogP contribution in [0.4, 0.5) is 0 Å². The molecule has 9 aromatic carbocycles. The van der Waals surface area contributed by atoms with Crippen molar-refractivity contribution >= 4 is 45.0 Å². The predicted molar refractivity (Wildman–Crippen MR) is 260 cm³/mol. The first-order chi connectivity index (χ1) is 32.1. The molecule has 7 heteroatoms. The topological polar surface area (TPSA) is 78.1 Å². The highest BCUT2D eigenvalue weighted by molar-refractivity contribution is 7.85. The van der Waals surface area contributed by atoms with Crippen molar-refractivity contribution in [2.45, 2.75) is 5.41 Å². The zero-order chi connectivity index (χ0) is 43.1. The first-order valence-corrected chi connectivity index (χ1v) is 23.4. The second-order valence-electron chi connectivity index (χ2n) is 16.6. The van der Waals surface area contributed by atoms with Crippen molar-refractivity contribution in [3.63, 3.8) is 0 Å². The van der Waals surface area contributed by atoms with E-state index >= 15 is 4.57 Å². The van der Waals surface area contributed by atoms with Gasteiger partial charge in [0.15, 0.2) is 24.6 Å². The maximum atomic E-state index is 16.5. The number of ether oxygens (including phenoxy) is 1. The van der Waals surface area contributed by atoms with Crippen molar-refractivity contribution in [2.75, 3.05) is 0 Å². The fraction of sp³-hybridized carbons (Fsp3) is 0.0172. The van der Waals surface area contributed by atoms with Gasteiger partial charge < -0.3 is 13.7 Å². The summed E-state index contributed by atoms with van der Waals surface area (Å²) in [6, 6.07) is 73.8. The van der Waals surface area contributed by atoms with Gasteiger partial charge in [0.2, 0.25) is 0 Å². The number of furan rings is 1. The molecule has 0 radical (unpaired) electrons. The molecule has 11 aromatic rings. The van der Waals surface area contributed by atoms with E-state index in [1.807, 2.05) is 140 Å². The molecule has 65 heavy (non-hydrogen) atoms. The van der Waals surface area contributed by atoms with Crippen LogP contribution >= 0.6 is 7.14 Å². The summed E-state index contributed by atoms with van der Waals surface area (Å²) in [7, 11) is -3.49. The van der Waals surface area contributed by atoms with Crippen LogP contribution in [0.15, 0.2) is 223 Å². The second-order valence-corrected chi connectivity index (χ2v) is 19.3. The van der Waals surface area contributed by atoms with Gasteiger partial charge in [0.25, 0.3) is 0 Å². The van der Waals surface area contributed by atoms with Crippen LogP contribution in [0.1, 0.15) is 22.3 Å². The Morgan fingerprint density at radius 2 is 0.954 bits per heavy atom. The van der Waals surface area contributed by atoms with Gasteiger partial charge in [-0.2, -0.15) is 0 Å². The average Bonchev–Trinajstić information content (AvgIpc) is 3.75. The van der Waals surface area contributed by atoms with Gasteiger partial charge in [-0.25, -0.2) is 15.0 Å². The van der Waals surface area contributed by atoms with Crippen molar-refractivity contribution in [2.24, 2.45) is 0 Å². The summed E-state index contributed by atoms with van der Waals surface area (Å²) >= 11 is 0. The number of para-hydroxylation sites is 2. The van der Waals surface area contributed by atoms with Crippen LogP contribution in [-0.2, 0) is 9.98 Å². The maximum Gasteiger partial charge on any atom is 0.171 e. The number of aromatic nitrogens is 3. The molecule has 1 spiro atoms. The number of rotatable bonds is 5. The molecule has 306 valence electrons. The van der Waals surface area contributed by atoms with Crippen molar-refractivity contribution < 1.29 is 13.7 Å². The zero-order valence-corrected chi connectivity index (χ0v) is 35.7. The van der Waals surface area contributed by atoms with Crippen molar-refractivity contribution in [1.82, 2.24) is 15.0 Å². The minimum Gasteiger partial charge on any atom is -0.457 e. The number of hydrogen-bond acceptors (Lipinski definition) is 6. The Bertz CT molecular complexity index is 3740. The Morgan fingerprint density at radius 3 is 1.74 bits per heavy atom. The second kappa shape index (κ2) is 14.4. The van der Waals surface area contributed by atoms with Gasteiger partial charge >= 0.3 is 0 Å². The smallest absolute Gasteiger partial charge is 0.171 e. The highest BCUT2D eigenvalue weighted by Gasteiger charge is 2.55. The van der Waals surface area contributed by atoms with Crippen LogP contribution in [0.3, 0.4) is 0 Å². The Labute approximate surface area is 374 Å². The Hall–Kier alpha value is -8.18. The van der Waals surface area contributed by atoms with Crippen LogP contribution in [0, 0.1) is 0 Å². The summed E-state index contributed by atoms with van der Waals surface area (Å²) in [6.07, 6.45) is 0. The molecule has 0 N–H and O–H groups in total. The summed E-state index contributed by atoms with van der Waals surface area (Å²) < 4.78 is 30.1. The lowest BCUT2D eigenvalue weighted by atomic mass is 9.63. The standard InChI is InChI=1S/C58H36N3O3P/c62-65(42-23-8-3-9-24-42)53-30-15-12-27-47(53)58(48-35-44-43-25-10-13-28-49(43)63-51(44)36-54(48)65)45-26-11-14-29-50(45)64-52-34-41(31-32-46(52)58)57-60-55(38-19-6-2-7-20-38)59-56(61-57)40-22-16-21-39(33-40)37-17-4-1-5-18-37/h1-36H. The van der Waals surface area contributed by atoms with Crippen LogP contribution in [0.5, 0.6) is 11.5 Å². The van der Waals surface area contributed by atoms with Crippen molar-refractivity contribution in [3.05, 3.63) is 241 Å². The van der Waals surface area contributed by atoms with E-state index < -0.39 is 12.6 Å². The minimum absolute atomic E-state index is 0.517. The van der Waals surface area contributed by atoms with E-state index in [0.29, 0.717) is 34.6 Å².